The smallest absolute Gasteiger partial charge is 0.321 e. The van der Waals surface area contributed by atoms with Crippen molar-refractivity contribution in [3.05, 3.63) is 39.8 Å². The van der Waals surface area contributed by atoms with E-state index in [-0.39, 0.29) is 6.03 Å². The van der Waals surface area contributed by atoms with E-state index in [9.17, 15) is 4.79 Å². The van der Waals surface area contributed by atoms with Crippen LogP contribution >= 0.6 is 11.3 Å². The van der Waals surface area contributed by atoms with Gasteiger partial charge >= 0.3 is 6.03 Å². The standard InChI is InChI=1S/C20H26N4OS/c1-14-6-4-10-17(12-14)21-20(25)24-11-5-9-16(13-24)19-23-22-18(26-19)15-7-2-3-8-15/h4,6,10,12,15-16H,2-3,5,7-9,11,13H2,1H3,(H,21,25). The number of carbonyl (C=O) groups is 1. The Kier molecular flexibility index (Phi) is 5.20. The Morgan fingerprint density at radius 2 is 1.85 bits per heavy atom. The number of likely N-dealkylation sites (tertiary alicyclic amines) is 1. The van der Waals surface area contributed by atoms with Crippen molar-refractivity contribution in [1.82, 2.24) is 15.1 Å². The van der Waals surface area contributed by atoms with Gasteiger partial charge in [-0.1, -0.05) is 25.0 Å². The van der Waals surface area contributed by atoms with Crippen molar-refractivity contribution in [2.24, 2.45) is 0 Å². The van der Waals surface area contributed by atoms with Crippen LogP contribution in [-0.4, -0.2) is 34.2 Å². The zero-order valence-electron chi connectivity index (χ0n) is 15.3. The molecule has 0 spiro atoms. The minimum Gasteiger partial charge on any atom is -0.324 e. The molecule has 2 aromatic rings. The molecule has 1 saturated carbocycles. The molecule has 0 radical (unpaired) electrons. The number of anilines is 1. The third kappa shape index (κ3) is 3.90. The van der Waals surface area contributed by atoms with Gasteiger partial charge in [0.1, 0.15) is 10.0 Å². The van der Waals surface area contributed by atoms with Crippen LogP contribution in [0, 0.1) is 6.92 Å². The maximum Gasteiger partial charge on any atom is 0.321 e. The third-order valence-electron chi connectivity index (χ3n) is 5.49. The molecular weight excluding hydrogens is 344 g/mol. The van der Waals surface area contributed by atoms with Crippen LogP contribution in [0.15, 0.2) is 24.3 Å². The van der Waals surface area contributed by atoms with Crippen LogP contribution in [0.25, 0.3) is 0 Å². The number of hydrogen-bond donors (Lipinski definition) is 1. The molecule has 5 nitrogen and oxygen atoms in total. The number of carbonyl (C=O) groups excluding carboxylic acids is 1. The number of nitrogens with one attached hydrogen (secondary N) is 1. The fourth-order valence-corrected chi connectivity index (χ4v) is 5.18. The molecule has 1 aromatic heterocycles. The van der Waals surface area contributed by atoms with Gasteiger partial charge in [-0.05, 0) is 50.3 Å². The fraction of sp³-hybridized carbons (Fsp3) is 0.550. The quantitative estimate of drug-likeness (QED) is 0.834. The monoisotopic (exact) mass is 370 g/mol. The van der Waals surface area contributed by atoms with Crippen LogP contribution in [0.3, 0.4) is 0 Å². The second kappa shape index (κ2) is 7.74. The molecule has 1 atom stereocenters. The lowest BCUT2D eigenvalue weighted by atomic mass is 9.99. The average Bonchev–Trinajstić information content (AvgIpc) is 3.33. The van der Waals surface area contributed by atoms with Crippen molar-refractivity contribution in [2.45, 2.75) is 57.3 Å². The topological polar surface area (TPSA) is 58.1 Å². The molecule has 0 bridgehead atoms. The van der Waals surface area contributed by atoms with Crippen LogP contribution in [0.2, 0.25) is 0 Å². The van der Waals surface area contributed by atoms with Crippen molar-refractivity contribution < 1.29 is 4.79 Å². The summed E-state index contributed by atoms with van der Waals surface area (Å²) in [5.41, 5.74) is 2.00. The molecule has 1 aliphatic heterocycles. The lowest BCUT2D eigenvalue weighted by Gasteiger charge is -2.31. The molecule has 26 heavy (non-hydrogen) atoms. The highest BCUT2D eigenvalue weighted by molar-refractivity contribution is 7.11. The molecule has 138 valence electrons. The highest BCUT2D eigenvalue weighted by Crippen LogP contribution is 2.38. The molecule has 1 saturated heterocycles. The number of urea groups is 1. The van der Waals surface area contributed by atoms with Crippen LogP contribution in [0.5, 0.6) is 0 Å². The molecule has 1 N–H and O–H groups in total. The number of amides is 2. The summed E-state index contributed by atoms with van der Waals surface area (Å²) in [4.78, 5) is 14.6. The van der Waals surface area contributed by atoms with Crippen molar-refractivity contribution in [2.75, 3.05) is 18.4 Å². The van der Waals surface area contributed by atoms with E-state index in [1.165, 1.54) is 30.7 Å². The van der Waals surface area contributed by atoms with Gasteiger partial charge in [-0.15, -0.1) is 21.5 Å². The summed E-state index contributed by atoms with van der Waals surface area (Å²) >= 11 is 1.78. The predicted molar refractivity (Wildman–Crippen MR) is 105 cm³/mol. The van der Waals surface area contributed by atoms with Crippen molar-refractivity contribution >= 4 is 23.1 Å². The Balaban J connectivity index is 1.40. The van der Waals surface area contributed by atoms with E-state index in [0.29, 0.717) is 11.8 Å². The summed E-state index contributed by atoms with van der Waals surface area (Å²) in [6, 6.07) is 7.92. The molecule has 4 rings (SSSR count). The Morgan fingerprint density at radius 3 is 2.62 bits per heavy atom. The summed E-state index contributed by atoms with van der Waals surface area (Å²) in [7, 11) is 0. The Bertz CT molecular complexity index is 769. The molecule has 1 unspecified atom stereocenters. The van der Waals surface area contributed by atoms with E-state index in [1.54, 1.807) is 11.3 Å². The summed E-state index contributed by atoms with van der Waals surface area (Å²) in [5.74, 6) is 0.935. The third-order valence-corrected chi connectivity index (χ3v) is 6.74. The number of aryl methyl sites for hydroxylation is 1. The number of rotatable bonds is 3. The SMILES string of the molecule is Cc1cccc(NC(=O)N2CCCC(c3nnc(C4CCCC4)s3)C2)c1. The van der Waals surface area contributed by atoms with Gasteiger partial charge in [-0.25, -0.2) is 4.79 Å². The van der Waals surface area contributed by atoms with Gasteiger partial charge in [0.2, 0.25) is 0 Å². The van der Waals surface area contributed by atoms with Crippen molar-refractivity contribution in [3.63, 3.8) is 0 Å². The first kappa shape index (κ1) is 17.5. The van der Waals surface area contributed by atoms with Crippen molar-refractivity contribution in [3.8, 4) is 0 Å². The van der Waals surface area contributed by atoms with E-state index in [1.807, 2.05) is 36.1 Å². The summed E-state index contributed by atoms with van der Waals surface area (Å²) < 4.78 is 0. The zero-order valence-corrected chi connectivity index (χ0v) is 16.1. The van der Waals surface area contributed by atoms with Crippen LogP contribution < -0.4 is 5.32 Å². The summed E-state index contributed by atoms with van der Waals surface area (Å²) in [6.45, 7) is 3.57. The van der Waals surface area contributed by atoms with Gasteiger partial charge in [-0.2, -0.15) is 0 Å². The van der Waals surface area contributed by atoms with E-state index < -0.39 is 0 Å². The Morgan fingerprint density at radius 1 is 1.12 bits per heavy atom. The highest BCUT2D eigenvalue weighted by atomic mass is 32.1. The molecule has 2 fully saturated rings. The van der Waals surface area contributed by atoms with Crippen LogP contribution in [-0.2, 0) is 0 Å². The van der Waals surface area contributed by atoms with Gasteiger partial charge in [-0.3, -0.25) is 0 Å². The predicted octanol–water partition coefficient (Wildman–Crippen LogP) is 4.92. The number of nitrogens with zero attached hydrogens (tertiary/aromatic N) is 3. The van der Waals surface area contributed by atoms with Gasteiger partial charge < -0.3 is 10.2 Å². The lowest BCUT2D eigenvalue weighted by molar-refractivity contribution is 0.192. The number of hydrogen-bond acceptors (Lipinski definition) is 4. The van der Waals surface area contributed by atoms with Gasteiger partial charge in [0.15, 0.2) is 0 Å². The number of aromatic nitrogens is 2. The number of benzene rings is 1. The van der Waals surface area contributed by atoms with Gasteiger partial charge in [0.05, 0.1) is 0 Å². The molecule has 2 heterocycles. The first-order valence-corrected chi connectivity index (χ1v) is 10.5. The fourth-order valence-electron chi connectivity index (χ4n) is 4.04. The van der Waals surface area contributed by atoms with E-state index >= 15 is 0 Å². The van der Waals surface area contributed by atoms with Crippen LogP contribution in [0.1, 0.15) is 65.9 Å². The van der Waals surface area contributed by atoms with E-state index in [4.69, 9.17) is 0 Å². The largest absolute Gasteiger partial charge is 0.324 e. The molecule has 1 aromatic carbocycles. The van der Waals surface area contributed by atoms with Gasteiger partial charge in [0.25, 0.3) is 0 Å². The molecule has 6 heteroatoms. The second-order valence-corrected chi connectivity index (χ2v) is 8.59. The minimum absolute atomic E-state index is 0.0131. The first-order chi connectivity index (χ1) is 12.7. The van der Waals surface area contributed by atoms with Crippen molar-refractivity contribution in [1.29, 1.82) is 0 Å². The maximum absolute atomic E-state index is 12.7. The normalized spacial score (nSPS) is 21.1. The summed E-state index contributed by atoms with van der Waals surface area (Å²) in [6.07, 6.45) is 7.25. The first-order valence-electron chi connectivity index (χ1n) is 9.65. The number of piperidine rings is 1. The summed E-state index contributed by atoms with van der Waals surface area (Å²) in [5, 5.41) is 14.3. The minimum atomic E-state index is -0.0131. The molecule has 2 amide bonds. The van der Waals surface area contributed by atoms with E-state index in [0.717, 1.165) is 42.2 Å². The average molecular weight is 371 g/mol. The molecular formula is C20H26N4OS. The highest BCUT2D eigenvalue weighted by Gasteiger charge is 2.29. The second-order valence-electron chi connectivity index (χ2n) is 7.54. The van der Waals surface area contributed by atoms with E-state index in [2.05, 4.69) is 15.5 Å². The Labute approximate surface area is 158 Å². The lowest BCUT2D eigenvalue weighted by Crippen LogP contribution is -2.41. The van der Waals surface area contributed by atoms with Crippen LogP contribution in [0.4, 0.5) is 10.5 Å². The molecule has 2 aliphatic rings. The van der Waals surface area contributed by atoms with Gasteiger partial charge in [0, 0.05) is 30.6 Å². The molecule has 1 aliphatic carbocycles. The maximum atomic E-state index is 12.7. The Hall–Kier alpha value is -1.95. The zero-order chi connectivity index (χ0) is 17.9.